The maximum absolute atomic E-state index is 13.2. The van der Waals surface area contributed by atoms with Crippen LogP contribution in [0, 0.1) is 17.7 Å². The van der Waals surface area contributed by atoms with E-state index in [1.165, 1.54) is 31.4 Å². The fourth-order valence-electron chi connectivity index (χ4n) is 4.53. The molecule has 3 rings (SSSR count). The highest BCUT2D eigenvalue weighted by atomic mass is 19.1. The SMILES string of the molecule is CC(C)(C)OC(=O)N[C@@H](CC1CCCCC1)[C@@H]1C[C@@H](Cc2ccc(F)cc2)C(=O)O1. The van der Waals surface area contributed by atoms with E-state index in [1.807, 2.05) is 20.8 Å². The monoisotopic (exact) mass is 419 g/mol. The van der Waals surface area contributed by atoms with Crippen LogP contribution in [0.4, 0.5) is 9.18 Å². The third-order valence-corrected chi connectivity index (χ3v) is 5.98. The van der Waals surface area contributed by atoms with E-state index in [1.54, 1.807) is 12.1 Å². The molecular weight excluding hydrogens is 385 g/mol. The number of ether oxygens (including phenoxy) is 2. The molecule has 1 heterocycles. The zero-order valence-electron chi connectivity index (χ0n) is 18.3. The third kappa shape index (κ3) is 6.71. The van der Waals surface area contributed by atoms with Crippen LogP contribution in [0.2, 0.25) is 0 Å². The van der Waals surface area contributed by atoms with Gasteiger partial charge in [-0.15, -0.1) is 0 Å². The summed E-state index contributed by atoms with van der Waals surface area (Å²) in [5.41, 5.74) is 0.319. The summed E-state index contributed by atoms with van der Waals surface area (Å²) < 4.78 is 24.3. The Labute approximate surface area is 178 Å². The predicted octanol–water partition coefficient (Wildman–Crippen LogP) is 5.16. The van der Waals surface area contributed by atoms with E-state index < -0.39 is 11.7 Å². The van der Waals surface area contributed by atoms with Crippen molar-refractivity contribution in [2.45, 2.75) is 89.9 Å². The van der Waals surface area contributed by atoms with Crippen LogP contribution >= 0.6 is 0 Å². The van der Waals surface area contributed by atoms with Crippen molar-refractivity contribution in [2.75, 3.05) is 0 Å². The van der Waals surface area contributed by atoms with E-state index in [-0.39, 0.29) is 29.9 Å². The van der Waals surface area contributed by atoms with Crippen LogP contribution in [0.25, 0.3) is 0 Å². The standard InChI is InChI=1S/C24H34FNO4/c1-24(2,3)30-23(28)26-20(14-16-7-5-4-6-8-16)21-15-18(22(27)29-21)13-17-9-11-19(25)12-10-17/h9-12,16,18,20-21H,4-8,13-15H2,1-3H3,(H,26,28)/t18-,20+,21+/m1/s1. The zero-order valence-corrected chi connectivity index (χ0v) is 18.3. The summed E-state index contributed by atoms with van der Waals surface area (Å²) >= 11 is 0. The average Bonchev–Trinajstić information content (AvgIpc) is 3.03. The van der Waals surface area contributed by atoms with Crippen LogP contribution in [-0.4, -0.2) is 29.8 Å². The highest BCUT2D eigenvalue weighted by Crippen LogP contribution is 2.33. The normalized spacial score (nSPS) is 23.7. The van der Waals surface area contributed by atoms with Crippen LogP contribution in [-0.2, 0) is 20.7 Å². The second kappa shape index (κ2) is 9.80. The first-order valence-corrected chi connectivity index (χ1v) is 11.1. The molecular formula is C24H34FNO4. The summed E-state index contributed by atoms with van der Waals surface area (Å²) in [6, 6.07) is 5.96. The molecule has 0 radical (unpaired) electrons. The van der Waals surface area contributed by atoms with Crippen LogP contribution in [0.15, 0.2) is 24.3 Å². The Hall–Kier alpha value is -2.11. The molecule has 0 aromatic heterocycles. The van der Waals surface area contributed by atoms with Gasteiger partial charge in [0, 0.05) is 0 Å². The van der Waals surface area contributed by atoms with Crippen molar-refractivity contribution in [2.24, 2.45) is 11.8 Å². The number of cyclic esters (lactones) is 1. The number of alkyl carbamates (subject to hydrolysis) is 1. The highest BCUT2D eigenvalue weighted by molar-refractivity contribution is 5.75. The number of nitrogens with one attached hydrogen (secondary N) is 1. The molecule has 0 unspecified atom stereocenters. The maximum Gasteiger partial charge on any atom is 0.408 e. The topological polar surface area (TPSA) is 64.6 Å². The molecule has 30 heavy (non-hydrogen) atoms. The Kier molecular flexibility index (Phi) is 7.37. The van der Waals surface area contributed by atoms with Gasteiger partial charge in [0.05, 0.1) is 12.0 Å². The summed E-state index contributed by atoms with van der Waals surface area (Å²) in [5, 5.41) is 2.99. The number of hydrogen-bond donors (Lipinski definition) is 1. The minimum absolute atomic E-state index is 0.246. The van der Waals surface area contributed by atoms with Crippen molar-refractivity contribution >= 4 is 12.1 Å². The van der Waals surface area contributed by atoms with Crippen LogP contribution in [0.5, 0.6) is 0 Å². The average molecular weight is 420 g/mol. The van der Waals surface area contributed by atoms with E-state index >= 15 is 0 Å². The number of carbonyl (C=O) groups excluding carboxylic acids is 2. The molecule has 2 aliphatic rings. The first-order chi connectivity index (χ1) is 14.2. The lowest BCUT2D eigenvalue weighted by molar-refractivity contribution is -0.145. The first-order valence-electron chi connectivity index (χ1n) is 11.1. The van der Waals surface area contributed by atoms with Crippen LogP contribution in [0.1, 0.15) is 71.3 Å². The molecule has 166 valence electrons. The van der Waals surface area contributed by atoms with Crippen LogP contribution in [0.3, 0.4) is 0 Å². The molecule has 1 amide bonds. The molecule has 1 aliphatic carbocycles. The fourth-order valence-corrected chi connectivity index (χ4v) is 4.53. The summed E-state index contributed by atoms with van der Waals surface area (Å²) in [5.74, 6) is -0.299. The molecule has 1 saturated carbocycles. The van der Waals surface area contributed by atoms with Gasteiger partial charge in [0.1, 0.15) is 17.5 Å². The Bertz CT molecular complexity index is 722. The molecule has 1 aromatic carbocycles. The summed E-state index contributed by atoms with van der Waals surface area (Å²) in [6.45, 7) is 5.49. The number of benzene rings is 1. The van der Waals surface area contributed by atoms with Crippen molar-refractivity contribution in [3.05, 3.63) is 35.6 Å². The predicted molar refractivity (Wildman–Crippen MR) is 112 cm³/mol. The van der Waals surface area contributed by atoms with Crippen molar-refractivity contribution in [3.63, 3.8) is 0 Å². The number of carbonyl (C=O) groups is 2. The molecule has 1 aliphatic heterocycles. The third-order valence-electron chi connectivity index (χ3n) is 5.98. The van der Waals surface area contributed by atoms with Gasteiger partial charge in [-0.05, 0) is 63.6 Å². The molecule has 3 atom stereocenters. The van der Waals surface area contributed by atoms with Gasteiger partial charge in [0.2, 0.25) is 0 Å². The Balaban J connectivity index is 1.65. The van der Waals surface area contributed by atoms with Gasteiger partial charge in [0.15, 0.2) is 0 Å². The molecule has 1 N–H and O–H groups in total. The number of esters is 1. The lowest BCUT2D eigenvalue weighted by atomic mass is 9.82. The number of hydrogen-bond acceptors (Lipinski definition) is 4. The summed E-state index contributed by atoms with van der Waals surface area (Å²) in [7, 11) is 0. The number of amides is 1. The largest absolute Gasteiger partial charge is 0.460 e. The van der Waals surface area contributed by atoms with Crippen molar-refractivity contribution in [3.8, 4) is 0 Å². The number of halogens is 1. The highest BCUT2D eigenvalue weighted by Gasteiger charge is 2.40. The van der Waals surface area contributed by atoms with Crippen molar-refractivity contribution in [1.82, 2.24) is 5.32 Å². The minimum atomic E-state index is -0.586. The fraction of sp³-hybridized carbons (Fsp3) is 0.667. The molecule has 1 saturated heterocycles. The zero-order chi connectivity index (χ0) is 21.7. The lowest BCUT2D eigenvalue weighted by Gasteiger charge is -2.30. The van der Waals surface area contributed by atoms with Gasteiger partial charge in [-0.2, -0.15) is 0 Å². The van der Waals surface area contributed by atoms with E-state index in [2.05, 4.69) is 5.32 Å². The van der Waals surface area contributed by atoms with Crippen molar-refractivity contribution < 1.29 is 23.5 Å². The van der Waals surface area contributed by atoms with Gasteiger partial charge >= 0.3 is 12.1 Å². The Morgan fingerprint density at radius 1 is 1.20 bits per heavy atom. The molecule has 5 nitrogen and oxygen atoms in total. The minimum Gasteiger partial charge on any atom is -0.460 e. The smallest absolute Gasteiger partial charge is 0.408 e. The van der Waals surface area contributed by atoms with E-state index in [0.717, 1.165) is 24.8 Å². The van der Waals surface area contributed by atoms with E-state index in [0.29, 0.717) is 18.8 Å². The molecule has 0 bridgehead atoms. The van der Waals surface area contributed by atoms with E-state index in [4.69, 9.17) is 9.47 Å². The van der Waals surface area contributed by atoms with Gasteiger partial charge in [0.25, 0.3) is 0 Å². The Morgan fingerprint density at radius 2 is 1.87 bits per heavy atom. The molecule has 0 spiro atoms. The van der Waals surface area contributed by atoms with Crippen molar-refractivity contribution in [1.29, 1.82) is 0 Å². The second-order valence-electron chi connectivity index (χ2n) is 9.73. The van der Waals surface area contributed by atoms with Gasteiger partial charge in [-0.1, -0.05) is 44.2 Å². The second-order valence-corrected chi connectivity index (χ2v) is 9.73. The van der Waals surface area contributed by atoms with E-state index in [9.17, 15) is 14.0 Å². The Morgan fingerprint density at radius 3 is 2.50 bits per heavy atom. The summed E-state index contributed by atoms with van der Waals surface area (Å²) in [6.07, 6.45) is 6.99. The van der Waals surface area contributed by atoms with Gasteiger partial charge in [-0.3, -0.25) is 4.79 Å². The molecule has 6 heteroatoms. The molecule has 2 fully saturated rings. The molecule has 1 aromatic rings. The van der Waals surface area contributed by atoms with Gasteiger partial charge < -0.3 is 14.8 Å². The quantitative estimate of drug-likeness (QED) is 0.647. The number of rotatable bonds is 6. The lowest BCUT2D eigenvalue weighted by Crippen LogP contribution is -2.46. The summed E-state index contributed by atoms with van der Waals surface area (Å²) in [4.78, 5) is 25.0. The first kappa shape index (κ1) is 22.6. The van der Waals surface area contributed by atoms with Crippen LogP contribution < -0.4 is 5.32 Å². The van der Waals surface area contributed by atoms with Gasteiger partial charge in [-0.25, -0.2) is 9.18 Å². The maximum atomic E-state index is 13.2.